The van der Waals surface area contributed by atoms with Crippen LogP contribution in [0.1, 0.15) is 38.3 Å². The maximum absolute atomic E-state index is 13.9. The van der Waals surface area contributed by atoms with Crippen LogP contribution in [0.4, 0.5) is 5.69 Å². The average molecular weight is 568 g/mol. The molecular formula is C30H37N3O4S2. The standard InChI is InChI=1S/C30H37N3O4S2/c1-6-23(3)31-30(35)24(4)32(20-25-10-8-7-9-11-25)29(34)21-33(26-14-12-22(2)13-15-26)39(36,37)28-18-16-27(38-5)17-19-28/h7-19,23-24H,6,20-21H2,1-5H3,(H,31,35)/t23-,24-/m1/s1. The Morgan fingerprint density at radius 1 is 0.923 bits per heavy atom. The topological polar surface area (TPSA) is 86.8 Å². The number of carbonyl (C=O) groups is 2. The molecule has 2 amide bonds. The Kier molecular flexibility index (Phi) is 10.6. The number of thioether (sulfide) groups is 1. The van der Waals surface area contributed by atoms with Gasteiger partial charge < -0.3 is 10.2 Å². The molecule has 39 heavy (non-hydrogen) atoms. The third-order valence-electron chi connectivity index (χ3n) is 6.61. The van der Waals surface area contributed by atoms with Crippen molar-refractivity contribution in [3.8, 4) is 0 Å². The zero-order valence-electron chi connectivity index (χ0n) is 23.1. The molecule has 3 aromatic rings. The van der Waals surface area contributed by atoms with E-state index in [4.69, 9.17) is 0 Å². The van der Waals surface area contributed by atoms with Crippen molar-refractivity contribution >= 4 is 39.3 Å². The summed E-state index contributed by atoms with van der Waals surface area (Å²) >= 11 is 1.51. The molecule has 0 saturated heterocycles. The van der Waals surface area contributed by atoms with Crippen LogP contribution in [0.25, 0.3) is 0 Å². The second kappa shape index (κ2) is 13.7. The highest BCUT2D eigenvalue weighted by Gasteiger charge is 2.32. The van der Waals surface area contributed by atoms with Gasteiger partial charge in [-0.1, -0.05) is 55.0 Å². The second-order valence-electron chi connectivity index (χ2n) is 9.52. The van der Waals surface area contributed by atoms with E-state index in [1.54, 1.807) is 43.3 Å². The monoisotopic (exact) mass is 567 g/mol. The molecule has 0 aliphatic rings. The fourth-order valence-electron chi connectivity index (χ4n) is 3.94. The predicted octanol–water partition coefficient (Wildman–Crippen LogP) is 5.24. The first-order valence-corrected chi connectivity index (χ1v) is 15.6. The van der Waals surface area contributed by atoms with Crippen LogP contribution >= 0.6 is 11.8 Å². The van der Waals surface area contributed by atoms with Crippen LogP contribution < -0.4 is 9.62 Å². The van der Waals surface area contributed by atoms with Crippen molar-refractivity contribution in [1.82, 2.24) is 10.2 Å². The lowest BCUT2D eigenvalue weighted by atomic mass is 10.1. The van der Waals surface area contributed by atoms with Crippen LogP contribution in [0.15, 0.2) is 88.7 Å². The summed E-state index contributed by atoms with van der Waals surface area (Å²) in [4.78, 5) is 29.5. The van der Waals surface area contributed by atoms with Gasteiger partial charge in [-0.3, -0.25) is 13.9 Å². The van der Waals surface area contributed by atoms with Crippen LogP contribution in [-0.2, 0) is 26.2 Å². The Balaban J connectivity index is 2.00. The molecule has 0 saturated carbocycles. The summed E-state index contributed by atoms with van der Waals surface area (Å²) in [7, 11) is -4.09. The van der Waals surface area contributed by atoms with Crippen molar-refractivity contribution in [3.63, 3.8) is 0 Å². The Bertz CT molecular complexity index is 1350. The van der Waals surface area contributed by atoms with Gasteiger partial charge in [-0.2, -0.15) is 0 Å². The number of aryl methyl sites for hydroxylation is 1. The molecule has 0 aliphatic carbocycles. The number of amides is 2. The first kappa shape index (κ1) is 30.2. The van der Waals surface area contributed by atoms with E-state index < -0.39 is 28.5 Å². The average Bonchev–Trinajstić information content (AvgIpc) is 2.95. The van der Waals surface area contributed by atoms with Gasteiger partial charge in [-0.25, -0.2) is 8.42 Å². The lowest BCUT2D eigenvalue weighted by Crippen LogP contribution is -2.52. The van der Waals surface area contributed by atoms with Crippen LogP contribution in [0, 0.1) is 6.92 Å². The van der Waals surface area contributed by atoms with Crippen molar-refractivity contribution < 1.29 is 18.0 Å². The normalized spacial score (nSPS) is 12.8. The zero-order chi connectivity index (χ0) is 28.6. The Morgan fingerprint density at radius 2 is 1.54 bits per heavy atom. The Hall–Kier alpha value is -3.30. The molecule has 0 spiro atoms. The number of carbonyl (C=O) groups excluding carboxylic acids is 2. The van der Waals surface area contributed by atoms with E-state index in [0.29, 0.717) is 5.69 Å². The van der Waals surface area contributed by atoms with Crippen LogP contribution in [-0.4, -0.2) is 50.0 Å². The molecule has 0 unspecified atom stereocenters. The minimum Gasteiger partial charge on any atom is -0.352 e. The largest absolute Gasteiger partial charge is 0.352 e. The number of hydrogen-bond acceptors (Lipinski definition) is 5. The predicted molar refractivity (Wildman–Crippen MR) is 158 cm³/mol. The van der Waals surface area contributed by atoms with Crippen LogP contribution in [0.2, 0.25) is 0 Å². The maximum atomic E-state index is 13.9. The van der Waals surface area contributed by atoms with E-state index in [2.05, 4.69) is 5.32 Å². The SMILES string of the molecule is CC[C@@H](C)NC(=O)[C@@H](C)N(Cc1ccccc1)C(=O)CN(c1ccc(C)cc1)S(=O)(=O)c1ccc(SC)cc1. The molecule has 0 heterocycles. The van der Waals surface area contributed by atoms with Gasteiger partial charge in [0.15, 0.2) is 0 Å². The van der Waals surface area contributed by atoms with Gasteiger partial charge in [0.2, 0.25) is 11.8 Å². The summed E-state index contributed by atoms with van der Waals surface area (Å²) in [5.41, 5.74) is 2.18. The molecule has 0 aliphatic heterocycles. The van der Waals surface area contributed by atoms with E-state index in [9.17, 15) is 18.0 Å². The van der Waals surface area contributed by atoms with Crippen molar-refractivity contribution in [3.05, 3.63) is 90.0 Å². The van der Waals surface area contributed by atoms with E-state index in [1.165, 1.54) is 16.7 Å². The number of sulfonamides is 1. The fourth-order valence-corrected chi connectivity index (χ4v) is 5.77. The number of benzene rings is 3. The minimum absolute atomic E-state index is 0.0534. The quantitative estimate of drug-likeness (QED) is 0.302. The summed E-state index contributed by atoms with van der Waals surface area (Å²) < 4.78 is 28.9. The molecule has 1 N–H and O–H groups in total. The van der Waals surface area contributed by atoms with Crippen molar-refractivity contribution in [2.24, 2.45) is 0 Å². The first-order valence-electron chi connectivity index (χ1n) is 12.9. The van der Waals surface area contributed by atoms with Crippen molar-refractivity contribution in [1.29, 1.82) is 0 Å². The molecule has 3 rings (SSSR count). The zero-order valence-corrected chi connectivity index (χ0v) is 24.8. The number of anilines is 1. The summed E-state index contributed by atoms with van der Waals surface area (Å²) in [5.74, 6) is -0.762. The number of nitrogens with one attached hydrogen (secondary N) is 1. The van der Waals surface area contributed by atoms with Gasteiger partial charge in [-0.05, 0) is 75.4 Å². The highest BCUT2D eigenvalue weighted by Crippen LogP contribution is 2.26. The van der Waals surface area contributed by atoms with Gasteiger partial charge in [-0.15, -0.1) is 11.8 Å². The smallest absolute Gasteiger partial charge is 0.264 e. The summed E-state index contributed by atoms with van der Waals surface area (Å²) in [6.45, 7) is 7.17. The third-order valence-corrected chi connectivity index (χ3v) is 9.14. The van der Waals surface area contributed by atoms with Gasteiger partial charge in [0.25, 0.3) is 10.0 Å². The lowest BCUT2D eigenvalue weighted by Gasteiger charge is -2.32. The molecular weight excluding hydrogens is 530 g/mol. The van der Waals surface area contributed by atoms with Crippen molar-refractivity contribution in [2.75, 3.05) is 17.1 Å². The molecule has 208 valence electrons. The van der Waals surface area contributed by atoms with E-state index >= 15 is 0 Å². The summed E-state index contributed by atoms with van der Waals surface area (Å²) in [5, 5.41) is 2.94. The molecule has 3 aromatic carbocycles. The molecule has 0 fully saturated rings. The summed E-state index contributed by atoms with van der Waals surface area (Å²) in [6, 6.07) is 22.1. The first-order chi connectivity index (χ1) is 18.6. The van der Waals surface area contributed by atoms with Gasteiger partial charge in [0.1, 0.15) is 12.6 Å². The number of rotatable bonds is 12. The van der Waals surface area contributed by atoms with Gasteiger partial charge in [0, 0.05) is 17.5 Å². The Labute approximate surface area is 236 Å². The van der Waals surface area contributed by atoms with E-state index in [1.807, 2.05) is 69.5 Å². The molecule has 0 aromatic heterocycles. The van der Waals surface area contributed by atoms with E-state index in [-0.39, 0.29) is 23.4 Å². The van der Waals surface area contributed by atoms with Gasteiger partial charge in [0.05, 0.1) is 10.6 Å². The van der Waals surface area contributed by atoms with Crippen LogP contribution in [0.5, 0.6) is 0 Å². The molecule has 9 heteroatoms. The highest BCUT2D eigenvalue weighted by atomic mass is 32.2. The van der Waals surface area contributed by atoms with Crippen molar-refractivity contribution in [2.45, 2.75) is 62.5 Å². The van der Waals surface area contributed by atoms with Crippen LogP contribution in [0.3, 0.4) is 0 Å². The molecule has 0 radical (unpaired) electrons. The minimum atomic E-state index is -4.09. The third kappa shape index (κ3) is 7.86. The highest BCUT2D eigenvalue weighted by molar-refractivity contribution is 7.98. The second-order valence-corrected chi connectivity index (χ2v) is 12.3. The molecule has 7 nitrogen and oxygen atoms in total. The number of nitrogens with zero attached hydrogens (tertiary/aromatic N) is 2. The summed E-state index contributed by atoms with van der Waals surface area (Å²) in [6.07, 6.45) is 2.67. The number of hydrogen-bond donors (Lipinski definition) is 1. The van der Waals surface area contributed by atoms with Gasteiger partial charge >= 0.3 is 0 Å². The molecule has 2 atom stereocenters. The lowest BCUT2D eigenvalue weighted by molar-refractivity contribution is -0.139. The fraction of sp³-hybridized carbons (Fsp3) is 0.333. The Morgan fingerprint density at radius 3 is 2.10 bits per heavy atom. The van der Waals surface area contributed by atoms with E-state index in [0.717, 1.165) is 26.7 Å². The molecule has 0 bridgehead atoms. The maximum Gasteiger partial charge on any atom is 0.264 e.